The molecule has 0 heterocycles. The summed E-state index contributed by atoms with van der Waals surface area (Å²) in [6, 6.07) is 0.622. The molecule has 0 aliphatic heterocycles. The zero-order valence-electron chi connectivity index (χ0n) is 9.91. The highest BCUT2D eigenvalue weighted by Gasteiger charge is 2.40. The minimum atomic E-state index is 0.393. The second-order valence-electron chi connectivity index (χ2n) is 5.82. The van der Waals surface area contributed by atoms with Crippen molar-refractivity contribution < 1.29 is 0 Å². The Morgan fingerprint density at radius 3 is 2.15 bits per heavy atom. The molecule has 0 spiro atoms. The first kappa shape index (κ1) is 11.0. The van der Waals surface area contributed by atoms with Gasteiger partial charge in [-0.3, -0.25) is 0 Å². The molecule has 0 bridgehead atoms. The van der Waals surface area contributed by atoms with Crippen molar-refractivity contribution in [2.24, 2.45) is 10.8 Å². The monoisotopic (exact) mass is 183 g/mol. The maximum absolute atomic E-state index is 3.68. The summed E-state index contributed by atoms with van der Waals surface area (Å²) in [5.41, 5.74) is 1.07. The van der Waals surface area contributed by atoms with Gasteiger partial charge in [0.25, 0.3) is 0 Å². The largest absolute Gasteiger partial charge is 0.313 e. The number of rotatable bonds is 4. The van der Waals surface area contributed by atoms with Crippen LogP contribution in [0, 0.1) is 10.8 Å². The lowest BCUT2D eigenvalue weighted by Crippen LogP contribution is -2.40. The van der Waals surface area contributed by atoms with E-state index in [1.54, 1.807) is 0 Å². The summed E-state index contributed by atoms with van der Waals surface area (Å²) in [6.07, 6.45) is 4.22. The van der Waals surface area contributed by atoms with Crippen LogP contribution in [0.2, 0.25) is 0 Å². The van der Waals surface area contributed by atoms with Crippen LogP contribution in [0.4, 0.5) is 0 Å². The molecule has 1 saturated carbocycles. The second kappa shape index (κ2) is 3.61. The van der Waals surface area contributed by atoms with E-state index in [0.717, 1.165) is 0 Å². The molecule has 0 amide bonds. The molecule has 1 nitrogen and oxygen atoms in total. The highest BCUT2D eigenvalue weighted by molar-refractivity contribution is 4.94. The van der Waals surface area contributed by atoms with Gasteiger partial charge in [0.15, 0.2) is 0 Å². The van der Waals surface area contributed by atoms with E-state index in [1.807, 2.05) is 0 Å². The smallest absolute Gasteiger partial charge is 0.00874 e. The Labute approximate surface area is 83.3 Å². The predicted octanol–water partition coefficient (Wildman–Crippen LogP) is 3.20. The van der Waals surface area contributed by atoms with Crippen LogP contribution in [0.15, 0.2) is 0 Å². The molecule has 1 N–H and O–H groups in total. The standard InChI is InChI=1S/C12H25N/c1-6-12(7-8-12)9-13-10(2)11(3,4)5/h10,13H,6-9H2,1-5H3. The maximum atomic E-state index is 3.68. The minimum absolute atomic E-state index is 0.393. The Morgan fingerprint density at radius 1 is 1.31 bits per heavy atom. The Bertz CT molecular complexity index is 162. The third kappa shape index (κ3) is 2.98. The average Bonchev–Trinajstić information content (AvgIpc) is 2.79. The number of hydrogen-bond donors (Lipinski definition) is 1. The van der Waals surface area contributed by atoms with Crippen LogP contribution >= 0.6 is 0 Å². The van der Waals surface area contributed by atoms with E-state index >= 15 is 0 Å². The van der Waals surface area contributed by atoms with Crippen LogP contribution in [0.1, 0.15) is 53.9 Å². The lowest BCUT2D eigenvalue weighted by Gasteiger charge is -2.30. The summed E-state index contributed by atoms with van der Waals surface area (Å²) >= 11 is 0. The van der Waals surface area contributed by atoms with E-state index in [0.29, 0.717) is 16.9 Å². The van der Waals surface area contributed by atoms with Crippen molar-refractivity contribution >= 4 is 0 Å². The molecule has 0 aromatic heterocycles. The van der Waals surface area contributed by atoms with Crippen LogP contribution < -0.4 is 5.32 Å². The molecule has 0 saturated heterocycles. The van der Waals surface area contributed by atoms with E-state index in [2.05, 4.69) is 39.9 Å². The zero-order valence-corrected chi connectivity index (χ0v) is 9.91. The fourth-order valence-corrected chi connectivity index (χ4v) is 1.51. The van der Waals surface area contributed by atoms with Gasteiger partial charge >= 0.3 is 0 Å². The minimum Gasteiger partial charge on any atom is -0.313 e. The molecular weight excluding hydrogens is 158 g/mol. The van der Waals surface area contributed by atoms with Gasteiger partial charge in [0.2, 0.25) is 0 Å². The van der Waals surface area contributed by atoms with Crippen molar-refractivity contribution in [2.75, 3.05) is 6.54 Å². The van der Waals surface area contributed by atoms with Crippen molar-refractivity contribution in [1.29, 1.82) is 0 Å². The lowest BCUT2D eigenvalue weighted by molar-refractivity contribution is 0.266. The molecule has 1 aliphatic rings. The van der Waals surface area contributed by atoms with E-state index in [9.17, 15) is 0 Å². The summed E-state index contributed by atoms with van der Waals surface area (Å²) in [4.78, 5) is 0. The highest BCUT2D eigenvalue weighted by Crippen LogP contribution is 2.48. The summed E-state index contributed by atoms with van der Waals surface area (Å²) in [6.45, 7) is 12.7. The van der Waals surface area contributed by atoms with Gasteiger partial charge in [0.1, 0.15) is 0 Å². The van der Waals surface area contributed by atoms with Crippen molar-refractivity contribution in [3.63, 3.8) is 0 Å². The quantitative estimate of drug-likeness (QED) is 0.706. The Morgan fingerprint density at radius 2 is 1.85 bits per heavy atom. The molecule has 0 radical (unpaired) electrons. The van der Waals surface area contributed by atoms with E-state index < -0.39 is 0 Å². The third-order valence-electron chi connectivity index (χ3n) is 3.79. The van der Waals surface area contributed by atoms with Gasteiger partial charge in [-0.15, -0.1) is 0 Å². The summed E-state index contributed by atoms with van der Waals surface area (Å²) in [5, 5.41) is 3.68. The first-order valence-corrected chi connectivity index (χ1v) is 5.63. The Kier molecular flexibility index (Phi) is 3.06. The molecular formula is C12H25N. The zero-order chi connectivity index (χ0) is 10.1. The summed E-state index contributed by atoms with van der Waals surface area (Å²) < 4.78 is 0. The molecule has 78 valence electrons. The van der Waals surface area contributed by atoms with Gasteiger partial charge in [-0.25, -0.2) is 0 Å². The third-order valence-corrected chi connectivity index (χ3v) is 3.79. The predicted molar refractivity (Wildman–Crippen MR) is 58.9 cm³/mol. The molecule has 1 atom stereocenters. The Balaban J connectivity index is 2.26. The summed E-state index contributed by atoms with van der Waals surface area (Å²) in [7, 11) is 0. The normalized spacial score (nSPS) is 22.8. The molecule has 0 aromatic rings. The van der Waals surface area contributed by atoms with Crippen molar-refractivity contribution in [1.82, 2.24) is 5.32 Å². The molecule has 1 fully saturated rings. The van der Waals surface area contributed by atoms with Crippen molar-refractivity contribution in [3.05, 3.63) is 0 Å². The second-order valence-corrected chi connectivity index (χ2v) is 5.82. The SMILES string of the molecule is CCC1(CNC(C)C(C)(C)C)CC1. The van der Waals surface area contributed by atoms with Gasteiger partial charge in [-0.2, -0.15) is 0 Å². The average molecular weight is 183 g/mol. The van der Waals surface area contributed by atoms with Crippen LogP contribution in [-0.2, 0) is 0 Å². The lowest BCUT2D eigenvalue weighted by atomic mass is 9.87. The van der Waals surface area contributed by atoms with E-state index in [-0.39, 0.29) is 0 Å². The van der Waals surface area contributed by atoms with Crippen molar-refractivity contribution in [3.8, 4) is 0 Å². The number of nitrogens with one attached hydrogen (secondary N) is 1. The van der Waals surface area contributed by atoms with E-state index in [1.165, 1.54) is 25.8 Å². The van der Waals surface area contributed by atoms with Crippen LogP contribution in [0.25, 0.3) is 0 Å². The maximum Gasteiger partial charge on any atom is 0.00874 e. The summed E-state index contributed by atoms with van der Waals surface area (Å²) in [5.74, 6) is 0. The molecule has 1 heteroatoms. The first-order chi connectivity index (χ1) is 5.90. The van der Waals surface area contributed by atoms with Crippen LogP contribution in [-0.4, -0.2) is 12.6 Å². The van der Waals surface area contributed by atoms with Gasteiger partial charge in [-0.1, -0.05) is 27.7 Å². The van der Waals surface area contributed by atoms with Crippen molar-refractivity contribution in [2.45, 2.75) is 59.9 Å². The fourth-order valence-electron chi connectivity index (χ4n) is 1.51. The first-order valence-electron chi connectivity index (χ1n) is 5.63. The molecule has 1 unspecified atom stereocenters. The highest BCUT2D eigenvalue weighted by atomic mass is 14.9. The molecule has 1 aliphatic carbocycles. The van der Waals surface area contributed by atoms with Gasteiger partial charge in [0, 0.05) is 12.6 Å². The van der Waals surface area contributed by atoms with Crippen LogP contribution in [0.3, 0.4) is 0 Å². The molecule has 13 heavy (non-hydrogen) atoms. The van der Waals surface area contributed by atoms with Crippen LogP contribution in [0.5, 0.6) is 0 Å². The fraction of sp³-hybridized carbons (Fsp3) is 1.00. The topological polar surface area (TPSA) is 12.0 Å². The van der Waals surface area contributed by atoms with Gasteiger partial charge < -0.3 is 5.32 Å². The van der Waals surface area contributed by atoms with E-state index in [4.69, 9.17) is 0 Å². The molecule has 0 aromatic carbocycles. The Hall–Kier alpha value is -0.0400. The van der Waals surface area contributed by atoms with Gasteiger partial charge in [0.05, 0.1) is 0 Å². The van der Waals surface area contributed by atoms with Gasteiger partial charge in [-0.05, 0) is 37.0 Å². The number of hydrogen-bond acceptors (Lipinski definition) is 1. The molecule has 1 rings (SSSR count).